The highest BCUT2D eigenvalue weighted by molar-refractivity contribution is 7.88. The van der Waals surface area contributed by atoms with Crippen molar-refractivity contribution >= 4 is 10.0 Å². The second kappa shape index (κ2) is 5.65. The van der Waals surface area contributed by atoms with E-state index in [0.29, 0.717) is 11.7 Å². The minimum Gasteiger partial charge on any atom is -0.379 e. The monoisotopic (exact) mass is 349 g/mol. The third kappa shape index (κ3) is 2.97. The number of rotatable bonds is 5. The quantitative estimate of drug-likeness (QED) is 0.876. The number of nitrogens with zero attached hydrogens (tertiary/aromatic N) is 3. The molecule has 8 heteroatoms. The second-order valence-corrected chi connectivity index (χ2v) is 8.56. The molecule has 2 heterocycles. The maximum Gasteiger partial charge on any atom is 0.260 e. The molecular weight excluding hydrogens is 330 g/mol. The lowest BCUT2D eigenvalue weighted by molar-refractivity contribution is 0.0194. The van der Waals surface area contributed by atoms with Crippen LogP contribution in [0.15, 0.2) is 34.9 Å². The van der Waals surface area contributed by atoms with Gasteiger partial charge in [0.2, 0.25) is 10.0 Å². The lowest BCUT2D eigenvalue weighted by atomic mass is 10.0. The Balaban J connectivity index is 1.50. The van der Waals surface area contributed by atoms with Crippen LogP contribution in [0.5, 0.6) is 0 Å². The molecule has 1 saturated heterocycles. The van der Waals surface area contributed by atoms with Gasteiger partial charge in [0, 0.05) is 18.9 Å². The van der Waals surface area contributed by atoms with Crippen molar-refractivity contribution in [2.75, 3.05) is 13.1 Å². The summed E-state index contributed by atoms with van der Waals surface area (Å²) >= 11 is 0. The molecule has 0 amide bonds. The molecule has 0 spiro atoms. The van der Waals surface area contributed by atoms with Gasteiger partial charge in [-0.05, 0) is 18.4 Å². The van der Waals surface area contributed by atoms with Crippen LogP contribution in [0.2, 0.25) is 0 Å². The first-order chi connectivity index (χ1) is 11.5. The molecule has 1 atom stereocenters. The molecule has 1 aliphatic carbocycles. The fraction of sp³-hybridized carbons (Fsp3) is 0.500. The molecular formula is C16H19N3O4S. The van der Waals surface area contributed by atoms with Crippen LogP contribution in [0, 0.1) is 0 Å². The van der Waals surface area contributed by atoms with Crippen LogP contribution in [-0.2, 0) is 21.4 Å². The van der Waals surface area contributed by atoms with Crippen LogP contribution >= 0.6 is 0 Å². The molecule has 1 N–H and O–H groups in total. The van der Waals surface area contributed by atoms with Crippen molar-refractivity contribution in [3.63, 3.8) is 0 Å². The van der Waals surface area contributed by atoms with Gasteiger partial charge in [0.1, 0.15) is 0 Å². The van der Waals surface area contributed by atoms with Gasteiger partial charge < -0.3 is 9.63 Å². The van der Waals surface area contributed by atoms with Crippen LogP contribution in [0.1, 0.15) is 42.5 Å². The summed E-state index contributed by atoms with van der Waals surface area (Å²) in [7, 11) is -3.51. The number of hydrogen-bond donors (Lipinski definition) is 1. The van der Waals surface area contributed by atoms with E-state index in [4.69, 9.17) is 4.52 Å². The molecule has 1 saturated carbocycles. The van der Waals surface area contributed by atoms with E-state index in [1.165, 1.54) is 4.31 Å². The summed E-state index contributed by atoms with van der Waals surface area (Å²) in [5.74, 6) is 0.984. The number of hydrogen-bond acceptors (Lipinski definition) is 6. The van der Waals surface area contributed by atoms with Crippen molar-refractivity contribution in [2.24, 2.45) is 0 Å². The Kier molecular flexibility index (Phi) is 3.70. The van der Waals surface area contributed by atoms with E-state index in [1.54, 1.807) is 12.1 Å². The summed E-state index contributed by atoms with van der Waals surface area (Å²) in [4.78, 5) is 4.28. The second-order valence-electron chi connectivity index (χ2n) is 6.59. The highest BCUT2D eigenvalue weighted by Crippen LogP contribution is 2.40. The molecule has 1 aliphatic heterocycles. The standard InChI is InChI=1S/C16H19N3O4S/c20-16(15-17-14(18-23-15)13-6-7-13)8-9-19(11-16)24(21,22)10-12-4-2-1-3-5-12/h1-5,13,20H,6-11H2/t16-/m0/s1. The lowest BCUT2D eigenvalue weighted by Crippen LogP contribution is -2.35. The van der Waals surface area contributed by atoms with Gasteiger partial charge in [-0.2, -0.15) is 9.29 Å². The average molecular weight is 349 g/mol. The van der Waals surface area contributed by atoms with Gasteiger partial charge in [-0.1, -0.05) is 35.5 Å². The summed E-state index contributed by atoms with van der Waals surface area (Å²) in [6, 6.07) is 9.02. The van der Waals surface area contributed by atoms with E-state index in [2.05, 4.69) is 10.1 Å². The van der Waals surface area contributed by atoms with E-state index in [-0.39, 0.29) is 31.2 Å². The Hall–Kier alpha value is -1.77. The van der Waals surface area contributed by atoms with E-state index >= 15 is 0 Å². The molecule has 128 valence electrons. The summed E-state index contributed by atoms with van der Waals surface area (Å²) in [5.41, 5.74) is -0.675. The van der Waals surface area contributed by atoms with E-state index in [0.717, 1.165) is 18.4 Å². The third-order valence-corrected chi connectivity index (χ3v) is 6.38. The molecule has 1 aromatic heterocycles. The molecule has 2 aromatic rings. The summed E-state index contributed by atoms with van der Waals surface area (Å²) in [6.07, 6.45) is 2.33. The average Bonchev–Trinajstić information content (AvgIpc) is 3.12. The maximum atomic E-state index is 12.6. The maximum absolute atomic E-state index is 12.6. The third-order valence-electron chi connectivity index (χ3n) is 4.58. The van der Waals surface area contributed by atoms with Crippen molar-refractivity contribution in [3.05, 3.63) is 47.6 Å². The molecule has 0 bridgehead atoms. The van der Waals surface area contributed by atoms with Gasteiger partial charge in [0.05, 0.1) is 12.3 Å². The van der Waals surface area contributed by atoms with Crippen molar-refractivity contribution in [3.8, 4) is 0 Å². The summed E-state index contributed by atoms with van der Waals surface area (Å²) in [6.45, 7) is 0.196. The van der Waals surface area contributed by atoms with E-state index in [9.17, 15) is 13.5 Å². The Morgan fingerprint density at radius 3 is 2.75 bits per heavy atom. The lowest BCUT2D eigenvalue weighted by Gasteiger charge is -2.19. The number of sulfonamides is 1. The van der Waals surface area contributed by atoms with Crippen LogP contribution in [-0.4, -0.2) is 41.1 Å². The summed E-state index contributed by atoms with van der Waals surface area (Å²) in [5, 5.41) is 14.7. The van der Waals surface area contributed by atoms with Gasteiger partial charge >= 0.3 is 0 Å². The van der Waals surface area contributed by atoms with Crippen molar-refractivity contribution in [2.45, 2.75) is 36.5 Å². The van der Waals surface area contributed by atoms with Gasteiger partial charge in [0.15, 0.2) is 11.4 Å². The van der Waals surface area contributed by atoms with Crippen LogP contribution in [0.4, 0.5) is 0 Å². The normalized spacial score (nSPS) is 25.2. The molecule has 4 rings (SSSR count). The number of β-amino-alcohol motifs (C(OH)–C–C–N with tert-alkyl or cyclic N) is 1. The molecule has 0 radical (unpaired) electrons. The summed E-state index contributed by atoms with van der Waals surface area (Å²) < 4.78 is 31.7. The predicted molar refractivity (Wildman–Crippen MR) is 85.4 cm³/mol. The zero-order valence-electron chi connectivity index (χ0n) is 13.1. The van der Waals surface area contributed by atoms with Crippen molar-refractivity contribution in [1.82, 2.24) is 14.4 Å². The first-order valence-corrected chi connectivity index (χ1v) is 9.65. The van der Waals surface area contributed by atoms with E-state index in [1.807, 2.05) is 18.2 Å². The largest absolute Gasteiger partial charge is 0.379 e. The molecule has 2 aliphatic rings. The smallest absolute Gasteiger partial charge is 0.260 e. The van der Waals surface area contributed by atoms with Gasteiger partial charge in [-0.25, -0.2) is 8.42 Å². The Labute approximate surface area is 140 Å². The fourth-order valence-corrected chi connectivity index (χ4v) is 4.55. The zero-order chi connectivity index (χ0) is 16.8. The number of benzene rings is 1. The molecule has 0 unspecified atom stereocenters. The minimum absolute atomic E-state index is 0.0472. The topological polar surface area (TPSA) is 96.5 Å². The molecule has 24 heavy (non-hydrogen) atoms. The van der Waals surface area contributed by atoms with Crippen LogP contribution < -0.4 is 0 Å². The van der Waals surface area contributed by atoms with Gasteiger partial charge in [0.25, 0.3) is 5.89 Å². The first-order valence-electron chi connectivity index (χ1n) is 8.04. The van der Waals surface area contributed by atoms with Crippen molar-refractivity contribution in [1.29, 1.82) is 0 Å². The highest BCUT2D eigenvalue weighted by Gasteiger charge is 2.46. The number of aliphatic hydroxyl groups is 1. The zero-order valence-corrected chi connectivity index (χ0v) is 13.9. The highest BCUT2D eigenvalue weighted by atomic mass is 32.2. The van der Waals surface area contributed by atoms with Crippen LogP contribution in [0.3, 0.4) is 0 Å². The Morgan fingerprint density at radius 2 is 2.04 bits per heavy atom. The first kappa shape index (κ1) is 15.7. The Morgan fingerprint density at radius 1 is 1.29 bits per heavy atom. The van der Waals surface area contributed by atoms with Gasteiger partial charge in [-0.3, -0.25) is 0 Å². The Bertz CT molecular complexity index is 832. The predicted octanol–water partition coefficient (Wildman–Crippen LogP) is 1.37. The van der Waals surface area contributed by atoms with Gasteiger partial charge in [-0.15, -0.1) is 0 Å². The SMILES string of the molecule is O=S(=O)(Cc1ccccc1)N1CC[C@@](O)(c2nc(C3CC3)no2)C1. The molecule has 2 fully saturated rings. The van der Waals surface area contributed by atoms with Crippen molar-refractivity contribution < 1.29 is 18.0 Å². The fourth-order valence-electron chi connectivity index (χ4n) is 2.98. The number of aromatic nitrogens is 2. The molecule has 1 aromatic carbocycles. The molecule has 7 nitrogen and oxygen atoms in total. The van der Waals surface area contributed by atoms with E-state index < -0.39 is 15.6 Å². The van der Waals surface area contributed by atoms with Crippen LogP contribution in [0.25, 0.3) is 0 Å². The minimum atomic E-state index is -3.51.